The summed E-state index contributed by atoms with van der Waals surface area (Å²) in [4.78, 5) is 0. The molecule has 1 unspecified atom stereocenters. The number of aromatic nitrogens is 2. The summed E-state index contributed by atoms with van der Waals surface area (Å²) in [6.07, 6.45) is 0.928. The maximum atomic E-state index is 5.79. The predicted molar refractivity (Wildman–Crippen MR) is 55.2 cm³/mol. The van der Waals surface area contributed by atoms with Crippen LogP contribution >= 0.6 is 11.6 Å². The van der Waals surface area contributed by atoms with Crippen LogP contribution in [0, 0.1) is 6.92 Å². The standard InChI is InChI=1S/C9H14ClN3/c1-7(10)5-6-11-9-4-3-8(2)12-13-9/h3-4,7H,5-6H2,1-2H3,(H,11,13). The molecule has 0 saturated heterocycles. The molecule has 0 aliphatic rings. The predicted octanol–water partition coefficient (Wildman–Crippen LogP) is 2.21. The number of hydrogen-bond donors (Lipinski definition) is 1. The van der Waals surface area contributed by atoms with Crippen molar-refractivity contribution in [2.24, 2.45) is 0 Å². The quantitative estimate of drug-likeness (QED) is 0.756. The Bertz CT molecular complexity index is 246. The molecule has 1 atom stereocenters. The van der Waals surface area contributed by atoms with Gasteiger partial charge in [-0.3, -0.25) is 0 Å². The van der Waals surface area contributed by atoms with Gasteiger partial charge >= 0.3 is 0 Å². The van der Waals surface area contributed by atoms with Crippen LogP contribution in [0.25, 0.3) is 0 Å². The highest BCUT2D eigenvalue weighted by Crippen LogP contribution is 2.03. The number of rotatable bonds is 4. The molecule has 0 saturated carbocycles. The number of alkyl halides is 1. The number of aryl methyl sites for hydroxylation is 1. The van der Waals surface area contributed by atoms with Crippen LogP contribution in [0.2, 0.25) is 0 Å². The van der Waals surface area contributed by atoms with E-state index in [9.17, 15) is 0 Å². The van der Waals surface area contributed by atoms with Gasteiger partial charge in [0.05, 0.1) is 5.69 Å². The van der Waals surface area contributed by atoms with E-state index in [2.05, 4.69) is 15.5 Å². The van der Waals surface area contributed by atoms with E-state index >= 15 is 0 Å². The van der Waals surface area contributed by atoms with Crippen molar-refractivity contribution in [3.8, 4) is 0 Å². The first kappa shape index (κ1) is 10.3. The van der Waals surface area contributed by atoms with Gasteiger partial charge < -0.3 is 5.32 Å². The van der Waals surface area contributed by atoms with Crippen LogP contribution in [0.1, 0.15) is 19.0 Å². The van der Waals surface area contributed by atoms with Crippen molar-refractivity contribution in [3.63, 3.8) is 0 Å². The maximum Gasteiger partial charge on any atom is 0.148 e. The van der Waals surface area contributed by atoms with Gasteiger partial charge in [0.1, 0.15) is 5.82 Å². The monoisotopic (exact) mass is 199 g/mol. The summed E-state index contributed by atoms with van der Waals surface area (Å²) < 4.78 is 0. The summed E-state index contributed by atoms with van der Waals surface area (Å²) >= 11 is 5.79. The van der Waals surface area contributed by atoms with E-state index in [1.807, 2.05) is 26.0 Å². The molecule has 1 aromatic heterocycles. The van der Waals surface area contributed by atoms with E-state index in [0.717, 1.165) is 24.5 Å². The van der Waals surface area contributed by atoms with Crippen molar-refractivity contribution in [3.05, 3.63) is 17.8 Å². The van der Waals surface area contributed by atoms with Crippen molar-refractivity contribution in [1.82, 2.24) is 10.2 Å². The Morgan fingerprint density at radius 1 is 1.46 bits per heavy atom. The zero-order chi connectivity index (χ0) is 9.68. The highest BCUT2D eigenvalue weighted by molar-refractivity contribution is 6.20. The van der Waals surface area contributed by atoms with Gasteiger partial charge in [-0.25, -0.2) is 0 Å². The highest BCUT2D eigenvalue weighted by atomic mass is 35.5. The molecule has 0 aliphatic heterocycles. The molecular formula is C9H14ClN3. The zero-order valence-electron chi connectivity index (χ0n) is 7.92. The molecule has 0 radical (unpaired) electrons. The van der Waals surface area contributed by atoms with E-state index in [0.29, 0.717) is 0 Å². The van der Waals surface area contributed by atoms with Crippen molar-refractivity contribution in [1.29, 1.82) is 0 Å². The largest absolute Gasteiger partial charge is 0.369 e. The lowest BCUT2D eigenvalue weighted by molar-refractivity contribution is 0.833. The third-order valence-corrected chi connectivity index (χ3v) is 1.86. The Kier molecular flexibility index (Phi) is 3.96. The van der Waals surface area contributed by atoms with E-state index < -0.39 is 0 Å². The van der Waals surface area contributed by atoms with Crippen molar-refractivity contribution in [2.75, 3.05) is 11.9 Å². The van der Waals surface area contributed by atoms with Crippen LogP contribution in [-0.4, -0.2) is 22.1 Å². The van der Waals surface area contributed by atoms with Gasteiger partial charge in [-0.05, 0) is 32.4 Å². The highest BCUT2D eigenvalue weighted by Gasteiger charge is 1.97. The minimum atomic E-state index is 0.200. The second-order valence-electron chi connectivity index (χ2n) is 3.06. The number of nitrogens with zero attached hydrogens (tertiary/aromatic N) is 2. The molecule has 0 spiro atoms. The second-order valence-corrected chi connectivity index (χ2v) is 3.80. The van der Waals surface area contributed by atoms with E-state index in [-0.39, 0.29) is 5.38 Å². The van der Waals surface area contributed by atoms with Gasteiger partial charge in [0.2, 0.25) is 0 Å². The summed E-state index contributed by atoms with van der Waals surface area (Å²) in [6.45, 7) is 4.73. The molecule has 0 aliphatic carbocycles. The molecule has 72 valence electrons. The number of hydrogen-bond acceptors (Lipinski definition) is 3. The van der Waals surface area contributed by atoms with Crippen LogP contribution in [0.15, 0.2) is 12.1 Å². The zero-order valence-corrected chi connectivity index (χ0v) is 8.67. The van der Waals surface area contributed by atoms with E-state index in [1.165, 1.54) is 0 Å². The van der Waals surface area contributed by atoms with Gasteiger partial charge in [0.15, 0.2) is 0 Å². The molecule has 1 rings (SSSR count). The first-order chi connectivity index (χ1) is 6.18. The van der Waals surface area contributed by atoms with Gasteiger partial charge in [0, 0.05) is 11.9 Å². The fraction of sp³-hybridized carbons (Fsp3) is 0.556. The van der Waals surface area contributed by atoms with Crippen molar-refractivity contribution >= 4 is 17.4 Å². The Morgan fingerprint density at radius 3 is 2.77 bits per heavy atom. The molecule has 0 aromatic carbocycles. The fourth-order valence-electron chi connectivity index (χ4n) is 0.892. The van der Waals surface area contributed by atoms with Gasteiger partial charge in [0.25, 0.3) is 0 Å². The first-order valence-corrected chi connectivity index (χ1v) is 4.80. The SMILES string of the molecule is Cc1ccc(NCCC(C)Cl)nn1. The third-order valence-electron chi connectivity index (χ3n) is 1.65. The smallest absolute Gasteiger partial charge is 0.148 e. The average molecular weight is 200 g/mol. The Balaban J connectivity index is 2.33. The van der Waals surface area contributed by atoms with Gasteiger partial charge in [-0.1, -0.05) is 0 Å². The number of nitrogens with one attached hydrogen (secondary N) is 1. The average Bonchev–Trinajstić information content (AvgIpc) is 2.08. The molecule has 3 nitrogen and oxygen atoms in total. The minimum Gasteiger partial charge on any atom is -0.369 e. The molecule has 13 heavy (non-hydrogen) atoms. The second kappa shape index (κ2) is 5.02. The lowest BCUT2D eigenvalue weighted by Crippen LogP contribution is -2.07. The molecule has 1 N–H and O–H groups in total. The van der Waals surface area contributed by atoms with Crippen LogP contribution in [0.4, 0.5) is 5.82 Å². The Morgan fingerprint density at radius 2 is 2.23 bits per heavy atom. The lowest BCUT2D eigenvalue weighted by atomic mass is 10.3. The fourth-order valence-corrected chi connectivity index (χ4v) is 1.00. The van der Waals surface area contributed by atoms with Gasteiger partial charge in [-0.2, -0.15) is 5.10 Å². The minimum absolute atomic E-state index is 0.200. The summed E-state index contributed by atoms with van der Waals surface area (Å²) in [5, 5.41) is 11.2. The van der Waals surface area contributed by atoms with E-state index in [4.69, 9.17) is 11.6 Å². The van der Waals surface area contributed by atoms with Gasteiger partial charge in [-0.15, -0.1) is 16.7 Å². The molecule has 0 amide bonds. The van der Waals surface area contributed by atoms with Crippen LogP contribution in [0.5, 0.6) is 0 Å². The number of anilines is 1. The maximum absolute atomic E-state index is 5.79. The van der Waals surface area contributed by atoms with Crippen LogP contribution in [-0.2, 0) is 0 Å². The summed E-state index contributed by atoms with van der Waals surface area (Å²) in [5.74, 6) is 0.808. The van der Waals surface area contributed by atoms with Crippen molar-refractivity contribution in [2.45, 2.75) is 25.6 Å². The Labute approximate surface area is 83.5 Å². The topological polar surface area (TPSA) is 37.8 Å². The lowest BCUT2D eigenvalue weighted by Gasteiger charge is -2.05. The molecule has 1 heterocycles. The van der Waals surface area contributed by atoms with Crippen LogP contribution in [0.3, 0.4) is 0 Å². The van der Waals surface area contributed by atoms with Crippen molar-refractivity contribution < 1.29 is 0 Å². The molecular weight excluding hydrogens is 186 g/mol. The molecule has 1 aromatic rings. The molecule has 0 bridgehead atoms. The number of halogens is 1. The molecule has 0 fully saturated rings. The summed E-state index contributed by atoms with van der Waals surface area (Å²) in [6, 6.07) is 3.85. The molecule has 4 heteroatoms. The van der Waals surface area contributed by atoms with E-state index in [1.54, 1.807) is 0 Å². The summed E-state index contributed by atoms with van der Waals surface area (Å²) in [5.41, 5.74) is 0.927. The van der Waals surface area contributed by atoms with Crippen LogP contribution < -0.4 is 5.32 Å². The normalized spacial score (nSPS) is 12.5. The third kappa shape index (κ3) is 4.08. The Hall–Kier alpha value is -0.830. The first-order valence-electron chi connectivity index (χ1n) is 4.37. The summed E-state index contributed by atoms with van der Waals surface area (Å²) in [7, 11) is 0.